The number of rotatable bonds is 2. The first-order chi connectivity index (χ1) is 11.0. The summed E-state index contributed by atoms with van der Waals surface area (Å²) in [6, 6.07) is 12.8. The zero-order valence-corrected chi connectivity index (χ0v) is 15.9. The summed E-state index contributed by atoms with van der Waals surface area (Å²) in [4.78, 5) is 4.34. The van der Waals surface area contributed by atoms with Crippen LogP contribution in [0.5, 0.6) is 0 Å². The molecule has 2 rings (SSSR count). The average Bonchev–Trinajstić information content (AvgIpc) is 2.52. The summed E-state index contributed by atoms with van der Waals surface area (Å²) in [7, 11) is 0. The number of hydrogen-bond acceptors (Lipinski definition) is 2. The lowest BCUT2D eigenvalue weighted by molar-refractivity contribution is 0.248. The van der Waals surface area contributed by atoms with E-state index >= 15 is 0 Å². The normalized spacial score (nSPS) is 14.8. The lowest BCUT2D eigenvalue weighted by Gasteiger charge is -2.43. The van der Waals surface area contributed by atoms with E-state index in [2.05, 4.69) is 77.7 Å². The summed E-state index contributed by atoms with van der Waals surface area (Å²) in [6.07, 6.45) is 3.77. The fourth-order valence-electron chi connectivity index (χ4n) is 3.26. The molecule has 2 aromatic rings. The van der Waals surface area contributed by atoms with Crippen molar-refractivity contribution in [1.82, 2.24) is 4.98 Å². The van der Waals surface area contributed by atoms with Gasteiger partial charge in [-0.25, -0.2) is 0 Å². The minimum atomic E-state index is -0.199. The molecule has 1 heterocycles. The van der Waals surface area contributed by atoms with Crippen LogP contribution in [0.2, 0.25) is 0 Å². The fraction of sp³-hybridized carbons (Fsp3) is 0.455. The fourth-order valence-corrected chi connectivity index (χ4v) is 3.26. The highest BCUT2D eigenvalue weighted by atomic mass is 14.6. The van der Waals surface area contributed by atoms with Crippen molar-refractivity contribution in [2.24, 2.45) is 5.41 Å². The van der Waals surface area contributed by atoms with Crippen LogP contribution in [0.3, 0.4) is 0 Å². The van der Waals surface area contributed by atoms with E-state index in [1.165, 1.54) is 11.1 Å². The molecule has 2 heteroatoms. The SMILES string of the molecule is CC(C)(C)c1cc(C(C)(c2cccnc2)C(C)(C)C)ccc1C#N. The second-order valence-corrected chi connectivity index (χ2v) is 8.74. The van der Waals surface area contributed by atoms with Crippen LogP contribution < -0.4 is 0 Å². The number of benzene rings is 1. The zero-order chi connectivity index (χ0) is 18.2. The molecule has 0 bridgehead atoms. The minimum absolute atomic E-state index is 0.000647. The molecule has 1 unspecified atom stereocenters. The summed E-state index contributed by atoms with van der Waals surface area (Å²) in [5.74, 6) is 0. The molecule has 126 valence electrons. The quantitative estimate of drug-likeness (QED) is 0.722. The predicted octanol–water partition coefficient (Wildman–Crippen LogP) is 5.60. The number of aromatic nitrogens is 1. The van der Waals surface area contributed by atoms with Crippen LogP contribution in [0.4, 0.5) is 0 Å². The first kappa shape index (κ1) is 18.2. The van der Waals surface area contributed by atoms with Gasteiger partial charge in [0, 0.05) is 17.8 Å². The largest absolute Gasteiger partial charge is 0.264 e. The van der Waals surface area contributed by atoms with Crippen molar-refractivity contribution in [1.29, 1.82) is 5.26 Å². The van der Waals surface area contributed by atoms with Crippen molar-refractivity contribution in [2.45, 2.75) is 59.3 Å². The van der Waals surface area contributed by atoms with Crippen LogP contribution in [-0.4, -0.2) is 4.98 Å². The molecular weight excluding hydrogens is 292 g/mol. The molecule has 2 nitrogen and oxygen atoms in total. The second-order valence-electron chi connectivity index (χ2n) is 8.74. The molecule has 0 saturated carbocycles. The van der Waals surface area contributed by atoms with Gasteiger partial charge in [0.1, 0.15) is 0 Å². The maximum Gasteiger partial charge on any atom is 0.0994 e. The molecule has 1 aromatic carbocycles. The van der Waals surface area contributed by atoms with Gasteiger partial charge in [-0.1, -0.05) is 66.7 Å². The Kier molecular flexibility index (Phi) is 4.59. The van der Waals surface area contributed by atoms with Crippen molar-refractivity contribution >= 4 is 0 Å². The van der Waals surface area contributed by atoms with Crippen molar-refractivity contribution in [3.8, 4) is 6.07 Å². The van der Waals surface area contributed by atoms with Gasteiger partial charge in [-0.2, -0.15) is 5.26 Å². The van der Waals surface area contributed by atoms with Gasteiger partial charge < -0.3 is 0 Å². The van der Waals surface area contributed by atoms with Crippen molar-refractivity contribution in [3.63, 3.8) is 0 Å². The lowest BCUT2D eigenvalue weighted by Crippen LogP contribution is -2.38. The first-order valence-electron chi connectivity index (χ1n) is 8.47. The van der Waals surface area contributed by atoms with E-state index in [1.807, 2.05) is 24.5 Å². The van der Waals surface area contributed by atoms with Gasteiger partial charge in [-0.15, -0.1) is 0 Å². The first-order valence-corrected chi connectivity index (χ1v) is 8.47. The third kappa shape index (κ3) is 3.08. The molecule has 24 heavy (non-hydrogen) atoms. The van der Waals surface area contributed by atoms with Crippen molar-refractivity contribution in [2.75, 3.05) is 0 Å². The number of pyridine rings is 1. The van der Waals surface area contributed by atoms with Gasteiger partial charge in [0.05, 0.1) is 11.6 Å². The molecular formula is C22H28N2. The standard InChI is InChI=1S/C22H28N2/c1-20(2,3)19-13-17(11-10-16(19)14-23)22(7,21(4,5)6)18-9-8-12-24-15-18/h8-13,15H,1-7H3. The summed E-state index contributed by atoms with van der Waals surface area (Å²) < 4.78 is 0. The average molecular weight is 320 g/mol. The molecule has 1 atom stereocenters. The molecule has 0 radical (unpaired) electrons. The summed E-state index contributed by atoms with van der Waals surface area (Å²) in [5, 5.41) is 9.49. The Bertz CT molecular complexity index is 755. The molecule has 0 fully saturated rings. The van der Waals surface area contributed by atoms with E-state index in [9.17, 15) is 5.26 Å². The van der Waals surface area contributed by atoms with Gasteiger partial charge in [0.25, 0.3) is 0 Å². The van der Waals surface area contributed by atoms with Crippen molar-refractivity contribution in [3.05, 3.63) is 65.0 Å². The highest BCUT2D eigenvalue weighted by molar-refractivity contribution is 5.49. The van der Waals surface area contributed by atoms with Crippen LogP contribution in [0.15, 0.2) is 42.7 Å². The van der Waals surface area contributed by atoms with E-state index in [4.69, 9.17) is 0 Å². The van der Waals surface area contributed by atoms with E-state index in [0.717, 1.165) is 11.1 Å². The van der Waals surface area contributed by atoms with Crippen LogP contribution in [-0.2, 0) is 10.8 Å². The molecule has 0 spiro atoms. The predicted molar refractivity (Wildman–Crippen MR) is 100 cm³/mol. The van der Waals surface area contributed by atoms with Gasteiger partial charge in [-0.3, -0.25) is 4.98 Å². The molecule has 0 saturated heterocycles. The van der Waals surface area contributed by atoms with Crippen LogP contribution in [0, 0.1) is 16.7 Å². The summed E-state index contributed by atoms with van der Waals surface area (Å²) >= 11 is 0. The van der Waals surface area contributed by atoms with Crippen LogP contribution >= 0.6 is 0 Å². The molecule has 0 aliphatic heterocycles. The Labute approximate surface area is 146 Å². The Morgan fingerprint density at radius 2 is 1.58 bits per heavy atom. The third-order valence-corrected chi connectivity index (χ3v) is 5.26. The van der Waals surface area contributed by atoms with Crippen molar-refractivity contribution < 1.29 is 0 Å². The summed E-state index contributed by atoms with van der Waals surface area (Å²) in [5.41, 5.74) is 4.01. The van der Waals surface area contributed by atoms with E-state index < -0.39 is 0 Å². The van der Waals surface area contributed by atoms with Gasteiger partial charge in [0.15, 0.2) is 0 Å². The Morgan fingerprint density at radius 1 is 0.917 bits per heavy atom. The van der Waals surface area contributed by atoms with E-state index in [1.54, 1.807) is 0 Å². The minimum Gasteiger partial charge on any atom is -0.264 e. The molecule has 0 aliphatic carbocycles. The lowest BCUT2D eigenvalue weighted by atomic mass is 9.60. The maximum absolute atomic E-state index is 9.49. The number of nitrogens with zero attached hydrogens (tertiary/aromatic N) is 2. The molecule has 0 N–H and O–H groups in total. The molecule has 0 aliphatic rings. The second kappa shape index (κ2) is 6.06. The highest BCUT2D eigenvalue weighted by Crippen LogP contribution is 2.47. The Hall–Kier alpha value is -2.14. The maximum atomic E-state index is 9.49. The number of nitriles is 1. The van der Waals surface area contributed by atoms with Crippen LogP contribution in [0.25, 0.3) is 0 Å². The Balaban J connectivity index is 2.77. The Morgan fingerprint density at radius 3 is 2.04 bits per heavy atom. The van der Waals surface area contributed by atoms with Gasteiger partial charge in [0.2, 0.25) is 0 Å². The topological polar surface area (TPSA) is 36.7 Å². The number of hydrogen-bond donors (Lipinski definition) is 0. The van der Waals surface area contributed by atoms with E-state index in [-0.39, 0.29) is 16.2 Å². The zero-order valence-electron chi connectivity index (χ0n) is 15.9. The highest BCUT2D eigenvalue weighted by Gasteiger charge is 2.41. The smallest absolute Gasteiger partial charge is 0.0994 e. The van der Waals surface area contributed by atoms with Gasteiger partial charge >= 0.3 is 0 Å². The third-order valence-electron chi connectivity index (χ3n) is 5.26. The van der Waals surface area contributed by atoms with Crippen LogP contribution in [0.1, 0.15) is 70.7 Å². The van der Waals surface area contributed by atoms with E-state index in [0.29, 0.717) is 0 Å². The van der Waals surface area contributed by atoms with Gasteiger partial charge in [-0.05, 0) is 39.7 Å². The molecule has 1 aromatic heterocycles. The monoisotopic (exact) mass is 320 g/mol. The molecule has 0 amide bonds. The summed E-state index contributed by atoms with van der Waals surface area (Å²) in [6.45, 7) is 15.5.